The molecule has 0 bridgehead atoms. The Balaban J connectivity index is 1.47. The fourth-order valence-corrected chi connectivity index (χ4v) is 7.03. The van der Waals surface area contributed by atoms with Gasteiger partial charge >= 0.3 is 0 Å². The lowest BCUT2D eigenvalue weighted by Gasteiger charge is -2.58. The van der Waals surface area contributed by atoms with Crippen molar-refractivity contribution in [1.29, 1.82) is 0 Å². The SMILES string of the molecule is CCN1CCCC1CN1C(N)N(C2CCCCCC2)C(N)N(C(C)c2ccc3ccccc3c2)C1N. The Bertz CT molecular complexity index is 991. The third-order valence-electron chi connectivity index (χ3n) is 9.18. The molecule has 6 N–H and O–H groups in total. The second-order valence-electron chi connectivity index (χ2n) is 11.2. The van der Waals surface area contributed by atoms with Crippen LogP contribution in [-0.4, -0.2) is 70.2 Å². The van der Waals surface area contributed by atoms with Crippen LogP contribution in [0.4, 0.5) is 0 Å². The van der Waals surface area contributed by atoms with Gasteiger partial charge in [0.2, 0.25) is 0 Å². The summed E-state index contributed by atoms with van der Waals surface area (Å²) in [5.41, 5.74) is 22.5. The fourth-order valence-electron chi connectivity index (χ4n) is 7.03. The van der Waals surface area contributed by atoms with Crippen LogP contribution < -0.4 is 17.2 Å². The van der Waals surface area contributed by atoms with E-state index in [0.29, 0.717) is 12.1 Å². The van der Waals surface area contributed by atoms with Gasteiger partial charge in [0.05, 0.1) is 0 Å². The topological polar surface area (TPSA) is 91.0 Å². The number of rotatable bonds is 6. The third kappa shape index (κ3) is 5.07. The van der Waals surface area contributed by atoms with Gasteiger partial charge in [0.15, 0.2) is 0 Å². The van der Waals surface area contributed by atoms with Crippen molar-refractivity contribution in [1.82, 2.24) is 19.6 Å². The monoisotopic (exact) mass is 493 g/mol. The predicted molar refractivity (Wildman–Crippen MR) is 148 cm³/mol. The quantitative estimate of drug-likeness (QED) is 0.528. The van der Waals surface area contributed by atoms with E-state index in [1.165, 1.54) is 61.4 Å². The van der Waals surface area contributed by atoms with E-state index in [1.807, 2.05) is 0 Å². The number of nitrogens with zero attached hydrogens (tertiary/aromatic N) is 4. The van der Waals surface area contributed by atoms with E-state index in [1.54, 1.807) is 0 Å². The Morgan fingerprint density at radius 3 is 2.28 bits per heavy atom. The third-order valence-corrected chi connectivity index (χ3v) is 9.18. The van der Waals surface area contributed by atoms with E-state index in [0.717, 1.165) is 25.9 Å². The number of hydrogen-bond donors (Lipinski definition) is 3. The molecule has 2 aromatic rings. The van der Waals surface area contributed by atoms with Gasteiger partial charge in [-0.3, -0.25) is 4.90 Å². The van der Waals surface area contributed by atoms with E-state index >= 15 is 0 Å². The first-order valence-corrected chi connectivity index (χ1v) is 14.3. The maximum absolute atomic E-state index is 7.12. The Kier molecular flexibility index (Phi) is 8.27. The zero-order valence-corrected chi connectivity index (χ0v) is 22.3. The van der Waals surface area contributed by atoms with Crippen molar-refractivity contribution in [2.24, 2.45) is 17.2 Å². The molecule has 0 aromatic heterocycles. The van der Waals surface area contributed by atoms with E-state index in [4.69, 9.17) is 17.2 Å². The Hall–Kier alpha value is -1.58. The lowest BCUT2D eigenvalue weighted by atomic mass is 10.0. The molecule has 2 aromatic carbocycles. The summed E-state index contributed by atoms with van der Waals surface area (Å²) in [6, 6.07) is 16.2. The lowest BCUT2D eigenvalue weighted by Crippen LogP contribution is -2.80. The minimum absolute atomic E-state index is 0.0636. The fraction of sp³-hybridized carbons (Fsp3) is 0.655. The highest BCUT2D eigenvalue weighted by molar-refractivity contribution is 5.83. The molecule has 7 nitrogen and oxygen atoms in total. The van der Waals surface area contributed by atoms with Crippen LogP contribution in [0.2, 0.25) is 0 Å². The number of hydrogen-bond acceptors (Lipinski definition) is 7. The van der Waals surface area contributed by atoms with Gasteiger partial charge in [0.25, 0.3) is 0 Å². The van der Waals surface area contributed by atoms with Gasteiger partial charge in [-0.2, -0.15) is 0 Å². The molecule has 2 aliphatic heterocycles. The number of likely N-dealkylation sites (N-methyl/N-ethyl adjacent to an activating group) is 1. The van der Waals surface area contributed by atoms with Crippen LogP contribution in [0.15, 0.2) is 42.5 Å². The lowest BCUT2D eigenvalue weighted by molar-refractivity contribution is -0.201. The number of benzene rings is 2. The highest BCUT2D eigenvalue weighted by atomic mass is 15.7. The molecule has 36 heavy (non-hydrogen) atoms. The van der Waals surface area contributed by atoms with Gasteiger partial charge in [-0.1, -0.05) is 69.0 Å². The molecule has 1 aliphatic carbocycles. The van der Waals surface area contributed by atoms with Crippen LogP contribution in [0.5, 0.6) is 0 Å². The first-order chi connectivity index (χ1) is 17.5. The van der Waals surface area contributed by atoms with E-state index in [9.17, 15) is 0 Å². The second kappa shape index (κ2) is 11.4. The molecule has 2 saturated heterocycles. The van der Waals surface area contributed by atoms with Gasteiger partial charge in [0.1, 0.15) is 18.9 Å². The Morgan fingerprint density at radius 2 is 1.56 bits per heavy atom. The van der Waals surface area contributed by atoms with Crippen molar-refractivity contribution in [3.8, 4) is 0 Å². The molecule has 5 rings (SSSR count). The molecule has 0 spiro atoms. The number of nitrogens with two attached hydrogens (primary N) is 3. The van der Waals surface area contributed by atoms with Gasteiger partial charge in [0, 0.05) is 24.7 Å². The number of fused-ring (bicyclic) bond motifs is 1. The molecule has 5 atom stereocenters. The summed E-state index contributed by atoms with van der Waals surface area (Å²) in [6.07, 6.45) is 8.97. The molecule has 0 radical (unpaired) electrons. The summed E-state index contributed by atoms with van der Waals surface area (Å²) in [6.45, 7) is 7.63. The van der Waals surface area contributed by atoms with Crippen molar-refractivity contribution in [3.05, 3.63) is 48.0 Å². The molecule has 7 heteroatoms. The van der Waals surface area contributed by atoms with Crippen LogP contribution in [0, 0.1) is 0 Å². The van der Waals surface area contributed by atoms with Crippen LogP contribution in [0.25, 0.3) is 10.8 Å². The van der Waals surface area contributed by atoms with E-state index < -0.39 is 0 Å². The van der Waals surface area contributed by atoms with Gasteiger partial charge in [-0.15, -0.1) is 0 Å². The Morgan fingerprint density at radius 1 is 0.833 bits per heavy atom. The number of likely N-dealkylation sites (tertiary alicyclic amines) is 1. The predicted octanol–water partition coefficient (Wildman–Crippen LogP) is 3.75. The second-order valence-corrected chi connectivity index (χ2v) is 11.2. The standard InChI is InChI=1S/C29H47N7/c1-3-33-18-10-15-26(33)20-34-27(30)35(21(2)23-17-16-22-11-8-9-12-24(22)19-23)29(32)36(28(34)31)25-13-6-4-5-7-14-25/h8-9,11-12,16-17,19,21,25-29H,3-7,10,13-15,18,20,30-32H2,1-2H3. The van der Waals surface area contributed by atoms with E-state index in [-0.39, 0.29) is 24.9 Å². The highest BCUT2D eigenvalue weighted by Gasteiger charge is 2.47. The van der Waals surface area contributed by atoms with Crippen molar-refractivity contribution in [3.63, 3.8) is 0 Å². The summed E-state index contributed by atoms with van der Waals surface area (Å²) >= 11 is 0. The maximum atomic E-state index is 7.12. The van der Waals surface area contributed by atoms with Gasteiger partial charge in [-0.25, -0.2) is 14.7 Å². The average molecular weight is 494 g/mol. The molecule has 5 unspecified atom stereocenters. The van der Waals surface area contributed by atoms with Crippen molar-refractivity contribution in [2.45, 2.75) is 102 Å². The van der Waals surface area contributed by atoms with Crippen LogP contribution in [0.3, 0.4) is 0 Å². The molecule has 1 saturated carbocycles. The minimum Gasteiger partial charge on any atom is -0.303 e. The van der Waals surface area contributed by atoms with Crippen LogP contribution in [0.1, 0.15) is 76.8 Å². The molecular weight excluding hydrogens is 446 g/mol. The highest BCUT2D eigenvalue weighted by Crippen LogP contribution is 2.35. The first-order valence-electron chi connectivity index (χ1n) is 14.3. The van der Waals surface area contributed by atoms with E-state index in [2.05, 4.69) is 75.9 Å². The largest absolute Gasteiger partial charge is 0.303 e. The van der Waals surface area contributed by atoms with Crippen LogP contribution in [-0.2, 0) is 0 Å². The van der Waals surface area contributed by atoms with Crippen molar-refractivity contribution < 1.29 is 0 Å². The average Bonchev–Trinajstić information content (AvgIpc) is 3.18. The zero-order valence-electron chi connectivity index (χ0n) is 22.3. The van der Waals surface area contributed by atoms with Crippen molar-refractivity contribution >= 4 is 10.8 Å². The van der Waals surface area contributed by atoms with Crippen LogP contribution >= 0.6 is 0 Å². The molecule has 0 amide bonds. The first kappa shape index (κ1) is 26.0. The normalized spacial score (nSPS) is 31.1. The summed E-state index contributed by atoms with van der Waals surface area (Å²) < 4.78 is 0. The summed E-state index contributed by atoms with van der Waals surface area (Å²) in [5.74, 6) is 0. The molecule has 3 fully saturated rings. The summed E-state index contributed by atoms with van der Waals surface area (Å²) in [5, 5.41) is 2.50. The maximum Gasteiger partial charge on any atom is 0.119 e. The van der Waals surface area contributed by atoms with Crippen molar-refractivity contribution in [2.75, 3.05) is 19.6 Å². The smallest absolute Gasteiger partial charge is 0.119 e. The zero-order chi connectivity index (χ0) is 25.2. The molecule has 198 valence electrons. The Labute approximate surface area is 217 Å². The molecule has 2 heterocycles. The summed E-state index contributed by atoms with van der Waals surface area (Å²) in [4.78, 5) is 9.63. The summed E-state index contributed by atoms with van der Waals surface area (Å²) in [7, 11) is 0. The molecule has 3 aliphatic rings. The van der Waals surface area contributed by atoms with Gasteiger partial charge < -0.3 is 17.2 Å². The van der Waals surface area contributed by atoms with Gasteiger partial charge in [-0.05, 0) is 68.1 Å². The minimum atomic E-state index is -0.335. The molecular formula is C29H47N7.